The number of aromatic nitrogens is 1. The second-order valence-electron chi connectivity index (χ2n) is 6.32. The lowest BCUT2D eigenvalue weighted by Crippen LogP contribution is -2.45. The van der Waals surface area contributed by atoms with Crippen molar-refractivity contribution in [2.45, 2.75) is 38.6 Å². The number of thiazole rings is 1. The van der Waals surface area contributed by atoms with Gasteiger partial charge in [-0.1, -0.05) is 15.9 Å². The monoisotopic (exact) mass is 395 g/mol. The van der Waals surface area contributed by atoms with Crippen LogP contribution in [-0.2, 0) is 11.2 Å². The van der Waals surface area contributed by atoms with Crippen molar-refractivity contribution >= 4 is 43.4 Å². The van der Waals surface area contributed by atoms with E-state index in [1.807, 2.05) is 24.0 Å². The van der Waals surface area contributed by atoms with Crippen LogP contribution in [0.25, 0.3) is 10.2 Å². The van der Waals surface area contributed by atoms with Crippen LogP contribution in [0.15, 0.2) is 22.7 Å². The first-order chi connectivity index (χ1) is 11.0. The van der Waals surface area contributed by atoms with E-state index in [0.717, 1.165) is 47.3 Å². The molecule has 1 fully saturated rings. The third-order valence-corrected chi connectivity index (χ3v) is 6.09. The van der Waals surface area contributed by atoms with Crippen LogP contribution >= 0.6 is 27.3 Å². The van der Waals surface area contributed by atoms with Gasteiger partial charge in [-0.25, -0.2) is 4.98 Å². The molecule has 4 nitrogen and oxygen atoms in total. The number of hydrogen-bond acceptors (Lipinski definition) is 4. The van der Waals surface area contributed by atoms with Crippen LogP contribution in [0, 0.1) is 5.92 Å². The lowest BCUT2D eigenvalue weighted by molar-refractivity contribution is -0.133. The summed E-state index contributed by atoms with van der Waals surface area (Å²) in [6.07, 6.45) is 3.45. The van der Waals surface area contributed by atoms with E-state index in [9.17, 15) is 4.79 Å². The van der Waals surface area contributed by atoms with Crippen molar-refractivity contribution in [3.63, 3.8) is 0 Å². The molecule has 2 N–H and O–H groups in total. The second kappa shape index (κ2) is 7.28. The quantitative estimate of drug-likeness (QED) is 0.860. The molecule has 0 radical (unpaired) electrons. The topological polar surface area (TPSA) is 59.2 Å². The van der Waals surface area contributed by atoms with Gasteiger partial charge < -0.3 is 10.6 Å². The number of halogens is 1. The van der Waals surface area contributed by atoms with E-state index in [1.54, 1.807) is 11.3 Å². The maximum absolute atomic E-state index is 12.5. The number of aryl methyl sites for hydroxylation is 1. The molecule has 0 aliphatic carbocycles. The van der Waals surface area contributed by atoms with Crippen LogP contribution in [0.5, 0.6) is 0 Å². The van der Waals surface area contributed by atoms with Crippen molar-refractivity contribution in [2.24, 2.45) is 11.7 Å². The molecule has 0 bridgehead atoms. The number of amides is 1. The van der Waals surface area contributed by atoms with E-state index >= 15 is 0 Å². The van der Waals surface area contributed by atoms with E-state index in [1.165, 1.54) is 4.70 Å². The molecular weight excluding hydrogens is 374 g/mol. The van der Waals surface area contributed by atoms with Crippen LogP contribution in [0.1, 0.15) is 31.2 Å². The number of benzene rings is 1. The molecule has 1 aliphatic heterocycles. The minimum atomic E-state index is 0.160. The smallest absolute Gasteiger partial charge is 0.222 e. The number of hydrogen-bond donors (Lipinski definition) is 1. The second-order valence-corrected chi connectivity index (χ2v) is 8.35. The van der Waals surface area contributed by atoms with E-state index < -0.39 is 0 Å². The molecule has 3 rings (SSSR count). The number of carbonyl (C=O) groups excluding carboxylic acids is 1. The summed E-state index contributed by atoms with van der Waals surface area (Å²) in [5.41, 5.74) is 7.00. The van der Waals surface area contributed by atoms with Gasteiger partial charge in [0.25, 0.3) is 0 Å². The van der Waals surface area contributed by atoms with Crippen molar-refractivity contribution < 1.29 is 4.79 Å². The molecule has 2 atom stereocenters. The van der Waals surface area contributed by atoms with Gasteiger partial charge in [-0.05, 0) is 43.9 Å². The molecule has 2 unspecified atom stereocenters. The maximum Gasteiger partial charge on any atom is 0.222 e. The highest BCUT2D eigenvalue weighted by atomic mass is 79.9. The van der Waals surface area contributed by atoms with Gasteiger partial charge in [0.1, 0.15) is 0 Å². The first kappa shape index (κ1) is 16.9. The summed E-state index contributed by atoms with van der Waals surface area (Å²) in [5, 5.41) is 1.03. The summed E-state index contributed by atoms with van der Waals surface area (Å²) in [5.74, 6) is 0.670. The lowest BCUT2D eigenvalue weighted by Gasteiger charge is -2.34. The van der Waals surface area contributed by atoms with Crippen LogP contribution in [0.3, 0.4) is 0 Å². The van der Waals surface area contributed by atoms with Crippen molar-refractivity contribution in [3.8, 4) is 0 Å². The zero-order valence-corrected chi connectivity index (χ0v) is 15.7. The molecule has 1 aromatic heterocycles. The number of fused-ring (bicyclic) bond motifs is 1. The first-order valence-corrected chi connectivity index (χ1v) is 9.72. The number of nitrogens with two attached hydrogens (primary N) is 1. The fraction of sp³-hybridized carbons (Fsp3) is 0.529. The SMILES string of the molecule is CC(N)C1CCCN(C(=O)CCc2nc3cc(Br)ccc3s2)C1. The molecule has 1 amide bonds. The van der Waals surface area contributed by atoms with Crippen molar-refractivity contribution in [3.05, 3.63) is 27.7 Å². The molecule has 124 valence electrons. The van der Waals surface area contributed by atoms with Crippen molar-refractivity contribution in [1.82, 2.24) is 9.88 Å². The zero-order chi connectivity index (χ0) is 16.4. The summed E-state index contributed by atoms with van der Waals surface area (Å²) >= 11 is 5.14. The Labute approximate surface area is 149 Å². The Kier molecular flexibility index (Phi) is 5.34. The average molecular weight is 396 g/mol. The summed E-state index contributed by atoms with van der Waals surface area (Å²) in [4.78, 5) is 19.1. The fourth-order valence-corrected chi connectivity index (χ4v) is 4.39. The van der Waals surface area contributed by atoms with Crippen LogP contribution in [-0.4, -0.2) is 34.9 Å². The number of rotatable bonds is 4. The third-order valence-electron chi connectivity index (χ3n) is 4.50. The Morgan fingerprint density at radius 1 is 1.57 bits per heavy atom. The Hall–Kier alpha value is -0.980. The first-order valence-electron chi connectivity index (χ1n) is 8.11. The summed E-state index contributed by atoms with van der Waals surface area (Å²) < 4.78 is 2.21. The van der Waals surface area contributed by atoms with E-state index in [4.69, 9.17) is 5.73 Å². The molecule has 0 spiro atoms. The van der Waals surface area contributed by atoms with Gasteiger partial charge in [-0.2, -0.15) is 0 Å². The van der Waals surface area contributed by atoms with Gasteiger partial charge in [0.2, 0.25) is 5.91 Å². The zero-order valence-electron chi connectivity index (χ0n) is 13.3. The van der Waals surface area contributed by atoms with Gasteiger partial charge in [0.05, 0.1) is 15.2 Å². The molecule has 1 aromatic carbocycles. The molecule has 1 saturated heterocycles. The normalized spacial score (nSPS) is 20.0. The Bertz CT molecular complexity index is 700. The number of carbonyl (C=O) groups is 1. The van der Waals surface area contributed by atoms with Crippen molar-refractivity contribution in [1.29, 1.82) is 0 Å². The molecule has 23 heavy (non-hydrogen) atoms. The summed E-state index contributed by atoms with van der Waals surface area (Å²) in [6.45, 7) is 3.72. The Morgan fingerprint density at radius 2 is 2.39 bits per heavy atom. The lowest BCUT2D eigenvalue weighted by atomic mass is 9.92. The van der Waals surface area contributed by atoms with Gasteiger partial charge in [-0.15, -0.1) is 11.3 Å². The molecule has 2 aromatic rings. The van der Waals surface area contributed by atoms with E-state index in [2.05, 4.69) is 27.0 Å². The van der Waals surface area contributed by atoms with Crippen LogP contribution in [0.2, 0.25) is 0 Å². The summed E-state index contributed by atoms with van der Waals surface area (Å²) in [7, 11) is 0. The van der Waals surface area contributed by atoms with Crippen molar-refractivity contribution in [2.75, 3.05) is 13.1 Å². The molecule has 0 saturated carbocycles. The highest BCUT2D eigenvalue weighted by molar-refractivity contribution is 9.10. The standard InChI is InChI=1S/C17H22BrN3OS/c1-11(19)12-3-2-8-21(10-12)17(22)7-6-16-20-14-9-13(18)4-5-15(14)23-16/h4-5,9,11-12H,2-3,6-8,10,19H2,1H3. The highest BCUT2D eigenvalue weighted by Crippen LogP contribution is 2.26. The Balaban J connectivity index is 1.59. The Morgan fingerprint density at radius 3 is 3.17 bits per heavy atom. The molecule has 1 aliphatic rings. The van der Waals surface area contributed by atoms with Gasteiger partial charge in [0, 0.05) is 36.4 Å². The predicted molar refractivity (Wildman–Crippen MR) is 98.6 cm³/mol. The van der Waals surface area contributed by atoms with Crippen LogP contribution in [0.4, 0.5) is 0 Å². The highest BCUT2D eigenvalue weighted by Gasteiger charge is 2.25. The maximum atomic E-state index is 12.5. The average Bonchev–Trinajstić information content (AvgIpc) is 2.94. The number of nitrogens with zero attached hydrogens (tertiary/aromatic N) is 2. The van der Waals surface area contributed by atoms with Crippen LogP contribution < -0.4 is 5.73 Å². The minimum absolute atomic E-state index is 0.160. The fourth-order valence-electron chi connectivity index (χ4n) is 3.09. The predicted octanol–water partition coefficient (Wildman–Crippen LogP) is 3.58. The number of piperidine rings is 1. The molecule has 6 heteroatoms. The van der Waals surface area contributed by atoms with Gasteiger partial charge in [0.15, 0.2) is 0 Å². The third kappa shape index (κ3) is 4.11. The summed E-state index contributed by atoms with van der Waals surface area (Å²) in [6, 6.07) is 6.28. The van der Waals surface area contributed by atoms with Gasteiger partial charge >= 0.3 is 0 Å². The van der Waals surface area contributed by atoms with E-state index in [0.29, 0.717) is 12.3 Å². The number of likely N-dealkylation sites (tertiary alicyclic amines) is 1. The molecule has 2 heterocycles. The largest absolute Gasteiger partial charge is 0.342 e. The van der Waals surface area contributed by atoms with E-state index in [-0.39, 0.29) is 11.9 Å². The minimum Gasteiger partial charge on any atom is -0.342 e. The van der Waals surface area contributed by atoms with Gasteiger partial charge in [-0.3, -0.25) is 4.79 Å². The molecular formula is C17H22BrN3OS.